The first kappa shape index (κ1) is 13.1. The Morgan fingerprint density at radius 2 is 2.11 bits per heavy atom. The highest BCUT2D eigenvalue weighted by Gasteiger charge is 2.08. The molecule has 0 aliphatic heterocycles. The van der Waals surface area contributed by atoms with Gasteiger partial charge in [0.05, 0.1) is 29.6 Å². The Kier molecular flexibility index (Phi) is 3.85. The van der Waals surface area contributed by atoms with Gasteiger partial charge in [0.1, 0.15) is 0 Å². The fourth-order valence-electron chi connectivity index (χ4n) is 1.90. The molecule has 1 heterocycles. The van der Waals surface area contributed by atoms with E-state index in [1.165, 1.54) is 0 Å². The molecule has 5 heteroatoms. The number of nitrogen functional groups attached to an aromatic ring is 1. The van der Waals surface area contributed by atoms with Crippen molar-refractivity contribution >= 4 is 28.2 Å². The van der Waals surface area contributed by atoms with E-state index >= 15 is 0 Å². The molecular weight excluding hydrogens is 240 g/mol. The topological polar surface area (TPSA) is 80.0 Å². The molecule has 1 aromatic heterocycles. The van der Waals surface area contributed by atoms with Crippen LogP contribution in [0.1, 0.15) is 13.8 Å². The van der Waals surface area contributed by atoms with Crippen molar-refractivity contribution in [1.82, 2.24) is 10.3 Å². The fourth-order valence-corrected chi connectivity index (χ4v) is 1.90. The molecule has 0 atom stereocenters. The standard InChI is InChI=1S/C14H18N4O/c1-9(2)18-13(19)8-17-14-10-5-3-4-6-12(10)16-7-11(14)15/h3-7,9H,8,15H2,1-2H3,(H,16,17)(H,18,19). The van der Waals surface area contributed by atoms with Gasteiger partial charge < -0.3 is 16.4 Å². The average Bonchev–Trinajstić information content (AvgIpc) is 2.36. The molecule has 1 amide bonds. The van der Waals surface area contributed by atoms with E-state index in [9.17, 15) is 4.79 Å². The van der Waals surface area contributed by atoms with Gasteiger partial charge in [0.2, 0.25) is 5.91 Å². The van der Waals surface area contributed by atoms with Gasteiger partial charge in [0.25, 0.3) is 0 Å². The van der Waals surface area contributed by atoms with Crippen LogP contribution in [0.25, 0.3) is 10.9 Å². The number of amides is 1. The van der Waals surface area contributed by atoms with Crippen molar-refractivity contribution in [2.24, 2.45) is 0 Å². The van der Waals surface area contributed by atoms with Crippen molar-refractivity contribution in [3.8, 4) is 0 Å². The van der Waals surface area contributed by atoms with Gasteiger partial charge in [-0.25, -0.2) is 0 Å². The summed E-state index contributed by atoms with van der Waals surface area (Å²) in [4.78, 5) is 15.9. The zero-order chi connectivity index (χ0) is 13.8. The fraction of sp³-hybridized carbons (Fsp3) is 0.286. The van der Waals surface area contributed by atoms with Crippen molar-refractivity contribution in [3.05, 3.63) is 30.5 Å². The Bertz CT molecular complexity index is 595. The lowest BCUT2D eigenvalue weighted by atomic mass is 10.1. The van der Waals surface area contributed by atoms with Gasteiger partial charge >= 0.3 is 0 Å². The molecule has 0 unspecified atom stereocenters. The van der Waals surface area contributed by atoms with Crippen molar-refractivity contribution in [3.63, 3.8) is 0 Å². The van der Waals surface area contributed by atoms with Gasteiger partial charge in [-0.15, -0.1) is 0 Å². The molecule has 0 bridgehead atoms. The molecule has 2 aromatic rings. The summed E-state index contributed by atoms with van der Waals surface area (Å²) in [5.74, 6) is -0.0599. The number of anilines is 2. The predicted octanol–water partition coefficient (Wildman–Crippen LogP) is 1.75. The first-order chi connectivity index (χ1) is 9.08. The number of pyridine rings is 1. The van der Waals surface area contributed by atoms with Crippen LogP contribution >= 0.6 is 0 Å². The number of nitrogens with two attached hydrogens (primary N) is 1. The third-order valence-electron chi connectivity index (χ3n) is 2.68. The van der Waals surface area contributed by atoms with Crippen LogP contribution in [0, 0.1) is 0 Å². The first-order valence-corrected chi connectivity index (χ1v) is 6.24. The lowest BCUT2D eigenvalue weighted by molar-refractivity contribution is -0.119. The number of carbonyl (C=O) groups excluding carboxylic acids is 1. The predicted molar refractivity (Wildman–Crippen MR) is 77.9 cm³/mol. The van der Waals surface area contributed by atoms with Gasteiger partial charge in [-0.05, 0) is 19.9 Å². The summed E-state index contributed by atoms with van der Waals surface area (Å²) in [5.41, 5.74) is 8.06. The van der Waals surface area contributed by atoms with Crippen LogP contribution in [0.3, 0.4) is 0 Å². The third-order valence-corrected chi connectivity index (χ3v) is 2.68. The second-order valence-electron chi connectivity index (χ2n) is 4.68. The largest absolute Gasteiger partial charge is 0.396 e. The molecule has 2 rings (SSSR count). The molecule has 0 fully saturated rings. The maximum absolute atomic E-state index is 11.6. The Morgan fingerprint density at radius 1 is 1.37 bits per heavy atom. The van der Waals surface area contributed by atoms with E-state index in [1.54, 1.807) is 6.20 Å². The second-order valence-corrected chi connectivity index (χ2v) is 4.68. The summed E-state index contributed by atoms with van der Waals surface area (Å²) in [5, 5.41) is 6.82. The van der Waals surface area contributed by atoms with Gasteiger partial charge in [0, 0.05) is 11.4 Å². The van der Waals surface area contributed by atoms with Crippen LogP contribution in [0.4, 0.5) is 11.4 Å². The highest BCUT2D eigenvalue weighted by Crippen LogP contribution is 2.27. The molecule has 1 aromatic carbocycles. The summed E-state index contributed by atoms with van der Waals surface area (Å²) in [6.07, 6.45) is 1.60. The molecule has 0 saturated heterocycles. The van der Waals surface area contributed by atoms with Crippen molar-refractivity contribution in [2.75, 3.05) is 17.6 Å². The normalized spacial score (nSPS) is 10.7. The number of hydrogen-bond donors (Lipinski definition) is 3. The number of hydrogen-bond acceptors (Lipinski definition) is 4. The quantitative estimate of drug-likeness (QED) is 0.780. The summed E-state index contributed by atoms with van der Waals surface area (Å²) in [7, 11) is 0. The minimum atomic E-state index is -0.0599. The van der Waals surface area contributed by atoms with E-state index in [-0.39, 0.29) is 18.5 Å². The van der Waals surface area contributed by atoms with E-state index < -0.39 is 0 Å². The zero-order valence-electron chi connectivity index (χ0n) is 11.1. The summed E-state index contributed by atoms with van der Waals surface area (Å²) in [6.45, 7) is 4.04. The van der Waals surface area contributed by atoms with E-state index in [4.69, 9.17) is 5.73 Å². The summed E-state index contributed by atoms with van der Waals surface area (Å²) in [6, 6.07) is 7.81. The number of rotatable bonds is 4. The minimum Gasteiger partial charge on any atom is -0.396 e. The number of fused-ring (bicyclic) bond motifs is 1. The van der Waals surface area contributed by atoms with E-state index in [0.29, 0.717) is 5.69 Å². The van der Waals surface area contributed by atoms with Crippen molar-refractivity contribution in [1.29, 1.82) is 0 Å². The molecular formula is C14H18N4O. The molecule has 0 aliphatic rings. The SMILES string of the molecule is CC(C)NC(=O)CNc1c(N)cnc2ccccc12. The van der Waals surface area contributed by atoms with Gasteiger partial charge in [-0.2, -0.15) is 0 Å². The molecule has 0 saturated carbocycles. The van der Waals surface area contributed by atoms with Crippen LogP contribution in [0.5, 0.6) is 0 Å². The number of carbonyl (C=O) groups is 1. The smallest absolute Gasteiger partial charge is 0.239 e. The maximum Gasteiger partial charge on any atom is 0.239 e. The Morgan fingerprint density at radius 3 is 2.84 bits per heavy atom. The Hall–Kier alpha value is -2.30. The highest BCUT2D eigenvalue weighted by atomic mass is 16.1. The van der Waals surface area contributed by atoms with Crippen LogP contribution in [-0.2, 0) is 4.79 Å². The molecule has 0 spiro atoms. The molecule has 100 valence electrons. The van der Waals surface area contributed by atoms with Gasteiger partial charge in [0.15, 0.2) is 0 Å². The average molecular weight is 258 g/mol. The lowest BCUT2D eigenvalue weighted by Gasteiger charge is -2.13. The second kappa shape index (κ2) is 5.56. The maximum atomic E-state index is 11.6. The monoisotopic (exact) mass is 258 g/mol. The number of benzene rings is 1. The number of nitrogens with zero attached hydrogens (tertiary/aromatic N) is 1. The summed E-state index contributed by atoms with van der Waals surface area (Å²) < 4.78 is 0. The van der Waals surface area contributed by atoms with Crippen LogP contribution in [0.15, 0.2) is 30.5 Å². The molecule has 19 heavy (non-hydrogen) atoms. The number of nitrogens with one attached hydrogen (secondary N) is 2. The van der Waals surface area contributed by atoms with Crippen molar-refractivity contribution < 1.29 is 4.79 Å². The van der Waals surface area contributed by atoms with Crippen molar-refractivity contribution in [2.45, 2.75) is 19.9 Å². The molecule has 0 aliphatic carbocycles. The van der Waals surface area contributed by atoms with E-state index in [2.05, 4.69) is 15.6 Å². The van der Waals surface area contributed by atoms with Crippen LogP contribution < -0.4 is 16.4 Å². The Labute approximate surface area is 112 Å². The minimum absolute atomic E-state index is 0.0599. The first-order valence-electron chi connectivity index (χ1n) is 6.24. The number of para-hydroxylation sites is 1. The summed E-state index contributed by atoms with van der Waals surface area (Å²) >= 11 is 0. The van der Waals surface area contributed by atoms with Gasteiger partial charge in [-0.3, -0.25) is 9.78 Å². The zero-order valence-corrected chi connectivity index (χ0v) is 11.1. The van der Waals surface area contributed by atoms with Gasteiger partial charge in [-0.1, -0.05) is 18.2 Å². The van der Waals surface area contributed by atoms with E-state index in [0.717, 1.165) is 16.6 Å². The van der Waals surface area contributed by atoms with E-state index in [1.807, 2.05) is 38.1 Å². The Balaban J connectivity index is 2.20. The third kappa shape index (κ3) is 3.13. The van der Waals surface area contributed by atoms with Crippen LogP contribution in [-0.4, -0.2) is 23.5 Å². The van der Waals surface area contributed by atoms with Crippen LogP contribution in [0.2, 0.25) is 0 Å². The highest BCUT2D eigenvalue weighted by molar-refractivity contribution is 5.98. The molecule has 0 radical (unpaired) electrons. The lowest BCUT2D eigenvalue weighted by Crippen LogP contribution is -2.34. The number of aromatic nitrogens is 1. The molecule has 5 nitrogen and oxygen atoms in total. The molecule has 4 N–H and O–H groups in total.